The molecule has 0 aromatic heterocycles. The number of hydrogen-bond acceptors (Lipinski definition) is 3. The lowest BCUT2D eigenvalue weighted by atomic mass is 10.3. The molecule has 1 heterocycles. The van der Waals surface area contributed by atoms with E-state index in [4.69, 9.17) is 0 Å². The smallest absolute Gasteiger partial charge is 0.247 e. The fourth-order valence-corrected chi connectivity index (χ4v) is 2.56. The number of rotatable bonds is 0. The van der Waals surface area contributed by atoms with Gasteiger partial charge in [0.15, 0.2) is 0 Å². The van der Waals surface area contributed by atoms with Gasteiger partial charge in [-0.3, -0.25) is 0 Å². The summed E-state index contributed by atoms with van der Waals surface area (Å²) in [5.74, 6) is 0. The first kappa shape index (κ1) is 7.46. The number of thioether (sulfide) groups is 1. The molecular formula is C7H6BrNOS. The van der Waals surface area contributed by atoms with Crippen LogP contribution in [0, 0.1) is 0 Å². The second-order valence-electron chi connectivity index (χ2n) is 2.28. The van der Waals surface area contributed by atoms with Gasteiger partial charge in [-0.1, -0.05) is 23.9 Å². The SMILES string of the molecule is OC1(Br)Nc2ccccc2S1. The van der Waals surface area contributed by atoms with Crippen LogP contribution in [-0.4, -0.2) is 9.07 Å². The fourth-order valence-electron chi connectivity index (χ4n) is 0.996. The molecular weight excluding hydrogens is 226 g/mol. The van der Waals surface area contributed by atoms with E-state index in [2.05, 4.69) is 21.2 Å². The van der Waals surface area contributed by atoms with Crippen LogP contribution in [0.25, 0.3) is 0 Å². The van der Waals surface area contributed by atoms with Crippen LogP contribution in [0.5, 0.6) is 0 Å². The summed E-state index contributed by atoms with van der Waals surface area (Å²) in [5.41, 5.74) is 0.969. The van der Waals surface area contributed by atoms with Crippen LogP contribution in [0.4, 0.5) is 5.69 Å². The zero-order valence-electron chi connectivity index (χ0n) is 5.54. The molecule has 1 aliphatic rings. The molecule has 0 saturated carbocycles. The Hall–Kier alpha value is -0.190. The number of hydrogen-bond donors (Lipinski definition) is 2. The second-order valence-corrected chi connectivity index (χ2v) is 5.19. The molecule has 58 valence electrons. The molecule has 1 aromatic rings. The summed E-state index contributed by atoms with van der Waals surface area (Å²) < 4.78 is -1.02. The lowest BCUT2D eigenvalue weighted by Gasteiger charge is -2.12. The van der Waals surface area contributed by atoms with Crippen LogP contribution >= 0.6 is 27.7 Å². The first-order valence-corrected chi connectivity index (χ1v) is 4.76. The first-order chi connectivity index (χ1) is 5.17. The summed E-state index contributed by atoms with van der Waals surface area (Å²) in [7, 11) is 0. The Labute approximate surface area is 77.1 Å². The van der Waals surface area contributed by atoms with Crippen LogP contribution in [0.2, 0.25) is 0 Å². The lowest BCUT2D eigenvalue weighted by molar-refractivity contribution is 0.269. The van der Waals surface area contributed by atoms with Gasteiger partial charge in [0, 0.05) is 4.90 Å². The number of aliphatic hydroxyl groups is 1. The number of halogens is 1. The van der Waals surface area contributed by atoms with E-state index in [1.54, 1.807) is 0 Å². The van der Waals surface area contributed by atoms with E-state index in [0.29, 0.717) is 0 Å². The molecule has 1 aliphatic heterocycles. The number of anilines is 1. The van der Waals surface area contributed by atoms with Crippen molar-refractivity contribution in [1.29, 1.82) is 0 Å². The highest BCUT2D eigenvalue weighted by Gasteiger charge is 2.31. The molecule has 0 aliphatic carbocycles. The van der Waals surface area contributed by atoms with Gasteiger partial charge in [-0.2, -0.15) is 0 Å². The molecule has 2 rings (SSSR count). The molecule has 2 N–H and O–H groups in total. The molecule has 0 radical (unpaired) electrons. The molecule has 1 atom stereocenters. The lowest BCUT2D eigenvalue weighted by Crippen LogP contribution is -2.20. The highest BCUT2D eigenvalue weighted by molar-refractivity contribution is 9.11. The Morgan fingerprint density at radius 1 is 1.45 bits per heavy atom. The molecule has 11 heavy (non-hydrogen) atoms. The van der Waals surface area contributed by atoms with Crippen molar-refractivity contribution >= 4 is 33.4 Å². The van der Waals surface area contributed by atoms with Gasteiger partial charge in [0.25, 0.3) is 0 Å². The predicted octanol–water partition coefficient (Wildman–Crippen LogP) is 2.20. The summed E-state index contributed by atoms with van der Waals surface area (Å²) in [4.78, 5) is 1.06. The summed E-state index contributed by atoms with van der Waals surface area (Å²) in [6.45, 7) is 0. The van der Waals surface area contributed by atoms with Gasteiger partial charge >= 0.3 is 0 Å². The molecule has 0 fully saturated rings. The topological polar surface area (TPSA) is 32.3 Å². The van der Waals surface area contributed by atoms with Crippen molar-refractivity contribution in [3.63, 3.8) is 0 Å². The number of benzene rings is 1. The minimum absolute atomic E-state index is 0.969. The van der Waals surface area contributed by atoms with Crippen LogP contribution in [0.1, 0.15) is 0 Å². The Balaban J connectivity index is 2.41. The predicted molar refractivity (Wildman–Crippen MR) is 49.8 cm³/mol. The van der Waals surface area contributed by atoms with Gasteiger partial charge in [-0.15, -0.1) is 0 Å². The molecule has 0 spiro atoms. The number of nitrogens with one attached hydrogen (secondary N) is 1. The summed E-state index contributed by atoms with van der Waals surface area (Å²) in [6, 6.07) is 7.77. The molecule has 4 heteroatoms. The molecule has 2 nitrogen and oxygen atoms in total. The molecule has 1 aromatic carbocycles. The van der Waals surface area contributed by atoms with Crippen molar-refractivity contribution in [2.45, 2.75) is 8.86 Å². The Morgan fingerprint density at radius 3 is 2.91 bits per heavy atom. The van der Waals surface area contributed by atoms with Gasteiger partial charge in [0.1, 0.15) is 0 Å². The fraction of sp³-hybridized carbons (Fsp3) is 0.143. The van der Waals surface area contributed by atoms with Crippen molar-refractivity contribution < 1.29 is 5.11 Å². The van der Waals surface area contributed by atoms with Crippen molar-refractivity contribution in [2.24, 2.45) is 0 Å². The van der Waals surface area contributed by atoms with Crippen molar-refractivity contribution in [3.8, 4) is 0 Å². The third-order valence-electron chi connectivity index (χ3n) is 1.42. The minimum Gasteiger partial charge on any atom is -0.353 e. The third kappa shape index (κ3) is 1.38. The van der Waals surface area contributed by atoms with Crippen LogP contribution < -0.4 is 5.32 Å². The van der Waals surface area contributed by atoms with E-state index in [1.807, 2.05) is 24.3 Å². The third-order valence-corrected chi connectivity index (χ3v) is 3.05. The highest BCUT2D eigenvalue weighted by atomic mass is 79.9. The quantitative estimate of drug-likeness (QED) is 0.531. The Morgan fingerprint density at radius 2 is 2.18 bits per heavy atom. The first-order valence-electron chi connectivity index (χ1n) is 3.15. The van der Waals surface area contributed by atoms with E-state index in [9.17, 15) is 5.11 Å². The standard InChI is InChI=1S/C7H6BrNOS/c8-7(10)9-5-3-1-2-4-6(5)11-7/h1-4,9-10H. The maximum absolute atomic E-state index is 9.48. The van der Waals surface area contributed by atoms with Crippen molar-refractivity contribution in [2.75, 3.05) is 5.32 Å². The maximum atomic E-state index is 9.48. The molecule has 1 unspecified atom stereocenters. The molecule has 0 amide bonds. The maximum Gasteiger partial charge on any atom is 0.247 e. The van der Waals surface area contributed by atoms with Gasteiger partial charge in [0.05, 0.1) is 5.69 Å². The van der Waals surface area contributed by atoms with E-state index in [1.165, 1.54) is 11.8 Å². The van der Waals surface area contributed by atoms with Gasteiger partial charge in [-0.25, -0.2) is 0 Å². The number of fused-ring (bicyclic) bond motifs is 1. The highest BCUT2D eigenvalue weighted by Crippen LogP contribution is 2.46. The average molecular weight is 232 g/mol. The van der Waals surface area contributed by atoms with E-state index in [-0.39, 0.29) is 0 Å². The summed E-state index contributed by atoms with van der Waals surface area (Å²) >= 11 is 4.49. The van der Waals surface area contributed by atoms with E-state index >= 15 is 0 Å². The van der Waals surface area contributed by atoms with Crippen molar-refractivity contribution in [1.82, 2.24) is 0 Å². The van der Waals surface area contributed by atoms with Crippen LogP contribution in [-0.2, 0) is 0 Å². The molecule has 0 saturated heterocycles. The largest absolute Gasteiger partial charge is 0.353 e. The summed E-state index contributed by atoms with van der Waals surface area (Å²) in [5, 5.41) is 12.4. The minimum atomic E-state index is -1.02. The van der Waals surface area contributed by atoms with Gasteiger partial charge < -0.3 is 10.4 Å². The Kier molecular flexibility index (Phi) is 1.63. The summed E-state index contributed by atoms with van der Waals surface area (Å²) in [6.07, 6.45) is 0. The van der Waals surface area contributed by atoms with Crippen molar-refractivity contribution in [3.05, 3.63) is 24.3 Å². The monoisotopic (exact) mass is 231 g/mol. The average Bonchev–Trinajstić information content (AvgIpc) is 2.21. The molecule has 0 bridgehead atoms. The van der Waals surface area contributed by atoms with E-state index in [0.717, 1.165) is 10.6 Å². The second kappa shape index (κ2) is 2.40. The van der Waals surface area contributed by atoms with E-state index < -0.39 is 3.97 Å². The zero-order valence-corrected chi connectivity index (χ0v) is 7.95. The number of alkyl halides is 1. The van der Waals surface area contributed by atoms with Gasteiger partial charge in [0.2, 0.25) is 3.97 Å². The normalized spacial score (nSPS) is 27.8. The van der Waals surface area contributed by atoms with Gasteiger partial charge in [-0.05, 0) is 28.1 Å². The van der Waals surface area contributed by atoms with Crippen LogP contribution in [0.15, 0.2) is 29.2 Å². The Bertz CT molecular complexity index is 263. The zero-order chi connectivity index (χ0) is 7.90. The number of para-hydroxylation sites is 1. The van der Waals surface area contributed by atoms with Crippen LogP contribution in [0.3, 0.4) is 0 Å².